The molecule has 3 nitrogen and oxygen atoms in total. The molecule has 2 rings (SSSR count). The third kappa shape index (κ3) is 4.84. The van der Waals surface area contributed by atoms with Gasteiger partial charge in [-0.1, -0.05) is 64.4 Å². The molecule has 1 N–H and O–H groups in total. The van der Waals surface area contributed by atoms with Gasteiger partial charge in [-0.25, -0.2) is 0 Å². The molecule has 1 amide bonds. The first-order valence-corrected chi connectivity index (χ1v) is 8.45. The Morgan fingerprint density at radius 2 is 1.91 bits per heavy atom. The van der Waals surface area contributed by atoms with Gasteiger partial charge in [-0.05, 0) is 17.9 Å². The van der Waals surface area contributed by atoms with Crippen LogP contribution in [0, 0.1) is 11.3 Å². The molecule has 1 heterocycles. The highest BCUT2D eigenvalue weighted by molar-refractivity contribution is 5.81. The molecular formula is C19H30N2O. The molecule has 1 aliphatic heterocycles. The largest absolute Gasteiger partial charge is 0.352 e. The molecule has 1 aromatic rings. The maximum Gasteiger partial charge on any atom is 0.225 e. The quantitative estimate of drug-likeness (QED) is 0.924. The Hall–Kier alpha value is -1.35. The Balaban J connectivity index is 1.99. The van der Waals surface area contributed by atoms with Gasteiger partial charge in [-0.3, -0.25) is 9.69 Å². The summed E-state index contributed by atoms with van der Waals surface area (Å²) in [5, 5.41) is 3.26. The minimum absolute atomic E-state index is 0.161. The van der Waals surface area contributed by atoms with E-state index < -0.39 is 0 Å². The lowest BCUT2D eigenvalue weighted by Gasteiger charge is -2.38. The molecule has 0 saturated carbocycles. The standard InChI is InChI=1S/C19H30N2O/c1-5-15-11-17(20-18(22)19(2,3)4)14-21(12-15)13-16-9-7-6-8-10-16/h6-10,15,17H,5,11-14H2,1-4H3,(H,20,22). The monoisotopic (exact) mass is 302 g/mol. The number of likely N-dealkylation sites (tertiary alicyclic amines) is 1. The maximum atomic E-state index is 12.3. The van der Waals surface area contributed by atoms with Gasteiger partial charge < -0.3 is 5.32 Å². The van der Waals surface area contributed by atoms with Crippen molar-refractivity contribution >= 4 is 5.91 Å². The normalized spacial score (nSPS) is 23.3. The van der Waals surface area contributed by atoms with E-state index in [0.717, 1.165) is 26.1 Å². The molecule has 122 valence electrons. The second-order valence-electron chi connectivity index (χ2n) is 7.61. The zero-order chi connectivity index (χ0) is 16.2. The van der Waals surface area contributed by atoms with Gasteiger partial charge in [-0.15, -0.1) is 0 Å². The minimum Gasteiger partial charge on any atom is -0.352 e. The number of hydrogen-bond acceptors (Lipinski definition) is 2. The van der Waals surface area contributed by atoms with E-state index >= 15 is 0 Å². The van der Waals surface area contributed by atoms with Gasteiger partial charge >= 0.3 is 0 Å². The second-order valence-corrected chi connectivity index (χ2v) is 7.61. The van der Waals surface area contributed by atoms with E-state index in [4.69, 9.17) is 0 Å². The van der Waals surface area contributed by atoms with Crippen molar-refractivity contribution in [3.63, 3.8) is 0 Å². The molecule has 0 aromatic heterocycles. The molecule has 0 bridgehead atoms. The van der Waals surface area contributed by atoms with Gasteiger partial charge in [0.15, 0.2) is 0 Å². The predicted octanol–water partition coefficient (Wildman–Crippen LogP) is 3.45. The summed E-state index contributed by atoms with van der Waals surface area (Å²) in [6, 6.07) is 10.9. The highest BCUT2D eigenvalue weighted by atomic mass is 16.2. The molecule has 1 saturated heterocycles. The minimum atomic E-state index is -0.316. The van der Waals surface area contributed by atoms with E-state index in [0.29, 0.717) is 5.92 Å². The first-order chi connectivity index (χ1) is 10.4. The van der Waals surface area contributed by atoms with Crippen molar-refractivity contribution in [2.45, 2.75) is 53.1 Å². The molecule has 3 heteroatoms. The van der Waals surface area contributed by atoms with Gasteiger partial charge in [0.2, 0.25) is 5.91 Å². The van der Waals surface area contributed by atoms with Crippen LogP contribution in [-0.4, -0.2) is 29.9 Å². The molecule has 0 aliphatic carbocycles. The summed E-state index contributed by atoms with van der Waals surface area (Å²) in [5.74, 6) is 0.830. The summed E-state index contributed by atoms with van der Waals surface area (Å²) in [6.45, 7) is 11.2. The van der Waals surface area contributed by atoms with Crippen LogP contribution in [-0.2, 0) is 11.3 Å². The number of hydrogen-bond donors (Lipinski definition) is 1. The van der Waals surface area contributed by atoms with Gasteiger partial charge in [0.25, 0.3) is 0 Å². The van der Waals surface area contributed by atoms with Crippen LogP contribution in [0.1, 0.15) is 46.1 Å². The van der Waals surface area contributed by atoms with E-state index in [1.807, 2.05) is 20.8 Å². The highest BCUT2D eigenvalue weighted by Gasteiger charge is 2.30. The number of rotatable bonds is 4. The van der Waals surface area contributed by atoms with Gasteiger partial charge in [-0.2, -0.15) is 0 Å². The lowest BCUT2D eigenvalue weighted by atomic mass is 9.90. The molecule has 2 unspecified atom stereocenters. The Labute approximate surface area is 135 Å². The number of carbonyl (C=O) groups excluding carboxylic acids is 1. The van der Waals surface area contributed by atoms with Crippen molar-refractivity contribution in [2.24, 2.45) is 11.3 Å². The van der Waals surface area contributed by atoms with Crippen LogP contribution in [0.25, 0.3) is 0 Å². The van der Waals surface area contributed by atoms with E-state index in [-0.39, 0.29) is 17.4 Å². The van der Waals surface area contributed by atoms with Crippen LogP contribution in [0.15, 0.2) is 30.3 Å². The fourth-order valence-corrected chi connectivity index (χ4v) is 3.08. The van der Waals surface area contributed by atoms with Crippen molar-refractivity contribution in [3.05, 3.63) is 35.9 Å². The average molecular weight is 302 g/mol. The molecule has 1 aromatic carbocycles. The average Bonchev–Trinajstić information content (AvgIpc) is 2.47. The van der Waals surface area contributed by atoms with Crippen molar-refractivity contribution in [2.75, 3.05) is 13.1 Å². The third-order valence-corrected chi connectivity index (χ3v) is 4.46. The van der Waals surface area contributed by atoms with Crippen LogP contribution in [0.4, 0.5) is 0 Å². The lowest BCUT2D eigenvalue weighted by Crippen LogP contribution is -2.52. The fourth-order valence-electron chi connectivity index (χ4n) is 3.08. The predicted molar refractivity (Wildman–Crippen MR) is 91.5 cm³/mol. The molecule has 1 aliphatic rings. The first kappa shape index (κ1) is 17.0. The summed E-state index contributed by atoms with van der Waals surface area (Å²) in [7, 11) is 0. The zero-order valence-corrected chi connectivity index (χ0v) is 14.4. The van der Waals surface area contributed by atoms with Gasteiger partial charge in [0.1, 0.15) is 0 Å². The van der Waals surface area contributed by atoms with E-state index in [1.165, 1.54) is 12.0 Å². The number of amides is 1. The SMILES string of the molecule is CCC1CC(NC(=O)C(C)(C)C)CN(Cc2ccccc2)C1. The number of piperidine rings is 1. The number of nitrogens with zero attached hydrogens (tertiary/aromatic N) is 1. The third-order valence-electron chi connectivity index (χ3n) is 4.46. The van der Waals surface area contributed by atoms with E-state index in [9.17, 15) is 4.79 Å². The smallest absolute Gasteiger partial charge is 0.225 e. The Kier molecular flexibility index (Phi) is 5.63. The van der Waals surface area contributed by atoms with Crippen molar-refractivity contribution in [1.29, 1.82) is 0 Å². The Morgan fingerprint density at radius 3 is 2.50 bits per heavy atom. The Morgan fingerprint density at radius 1 is 1.23 bits per heavy atom. The number of nitrogens with one attached hydrogen (secondary N) is 1. The summed E-state index contributed by atoms with van der Waals surface area (Å²) in [4.78, 5) is 14.7. The Bertz CT molecular complexity index is 478. The topological polar surface area (TPSA) is 32.3 Å². The van der Waals surface area contributed by atoms with E-state index in [2.05, 4.69) is 47.5 Å². The highest BCUT2D eigenvalue weighted by Crippen LogP contribution is 2.23. The van der Waals surface area contributed by atoms with Crippen LogP contribution < -0.4 is 5.32 Å². The molecular weight excluding hydrogens is 272 g/mol. The number of carbonyl (C=O) groups is 1. The summed E-state index contributed by atoms with van der Waals surface area (Å²) in [5.41, 5.74) is 1.03. The van der Waals surface area contributed by atoms with E-state index in [1.54, 1.807) is 0 Å². The maximum absolute atomic E-state index is 12.3. The number of benzene rings is 1. The zero-order valence-electron chi connectivity index (χ0n) is 14.4. The van der Waals surface area contributed by atoms with Crippen LogP contribution in [0.3, 0.4) is 0 Å². The molecule has 0 spiro atoms. The van der Waals surface area contributed by atoms with Gasteiger partial charge in [0, 0.05) is 31.1 Å². The van der Waals surface area contributed by atoms with Crippen molar-refractivity contribution < 1.29 is 4.79 Å². The first-order valence-electron chi connectivity index (χ1n) is 8.45. The summed E-state index contributed by atoms with van der Waals surface area (Å²) >= 11 is 0. The second kappa shape index (κ2) is 7.28. The fraction of sp³-hybridized carbons (Fsp3) is 0.632. The molecule has 2 atom stereocenters. The van der Waals surface area contributed by atoms with Crippen LogP contribution >= 0.6 is 0 Å². The van der Waals surface area contributed by atoms with Crippen molar-refractivity contribution in [3.8, 4) is 0 Å². The van der Waals surface area contributed by atoms with Crippen LogP contribution in [0.5, 0.6) is 0 Å². The summed E-state index contributed by atoms with van der Waals surface area (Å²) in [6.07, 6.45) is 2.27. The molecule has 22 heavy (non-hydrogen) atoms. The summed E-state index contributed by atoms with van der Waals surface area (Å²) < 4.78 is 0. The van der Waals surface area contributed by atoms with Crippen molar-refractivity contribution in [1.82, 2.24) is 10.2 Å². The lowest BCUT2D eigenvalue weighted by molar-refractivity contribution is -0.129. The molecule has 0 radical (unpaired) electrons. The van der Waals surface area contributed by atoms with Gasteiger partial charge in [0.05, 0.1) is 0 Å². The molecule has 1 fully saturated rings. The van der Waals surface area contributed by atoms with Crippen LogP contribution in [0.2, 0.25) is 0 Å².